The van der Waals surface area contributed by atoms with Crippen LogP contribution in [0.25, 0.3) is 22.3 Å². The Morgan fingerprint density at radius 1 is 1.22 bits per heavy atom. The zero-order valence-electron chi connectivity index (χ0n) is 17.6. The van der Waals surface area contributed by atoms with E-state index in [9.17, 15) is 9.59 Å². The second-order valence-corrected chi connectivity index (χ2v) is 8.70. The summed E-state index contributed by atoms with van der Waals surface area (Å²) in [4.78, 5) is 32.9. The number of carbonyl (C=O) groups is 2. The van der Waals surface area contributed by atoms with Crippen molar-refractivity contribution in [3.05, 3.63) is 30.6 Å². The van der Waals surface area contributed by atoms with Gasteiger partial charge in [-0.25, -0.2) is 9.97 Å². The number of aromatic nitrogens is 3. The number of imidazole rings is 1. The van der Waals surface area contributed by atoms with Gasteiger partial charge in [-0.2, -0.15) is 0 Å². The molecule has 2 aromatic heterocycles. The average molecular weight is 433 g/mol. The summed E-state index contributed by atoms with van der Waals surface area (Å²) in [7, 11) is 0. The predicted octanol–water partition coefficient (Wildman–Crippen LogP) is 2.67. The summed E-state index contributed by atoms with van der Waals surface area (Å²) < 4.78 is 14.0. The maximum Gasteiger partial charge on any atom is 0.262 e. The van der Waals surface area contributed by atoms with Gasteiger partial charge in [-0.1, -0.05) is 0 Å². The zero-order valence-corrected chi connectivity index (χ0v) is 17.6. The molecule has 3 aromatic rings. The largest absolute Gasteiger partial charge is 0.482 e. The van der Waals surface area contributed by atoms with Crippen LogP contribution in [-0.4, -0.2) is 45.6 Å². The number of hydrogen-bond acceptors (Lipinski definition) is 6. The van der Waals surface area contributed by atoms with E-state index in [-0.39, 0.29) is 30.4 Å². The second kappa shape index (κ2) is 7.22. The van der Waals surface area contributed by atoms with Gasteiger partial charge in [0.25, 0.3) is 5.91 Å². The highest BCUT2D eigenvalue weighted by Gasteiger charge is 2.31. The van der Waals surface area contributed by atoms with Gasteiger partial charge in [0.15, 0.2) is 6.61 Å². The Hall–Kier alpha value is -3.62. The highest BCUT2D eigenvalue weighted by Crippen LogP contribution is 2.41. The summed E-state index contributed by atoms with van der Waals surface area (Å²) in [5, 5.41) is 5.72. The maximum atomic E-state index is 11.7. The van der Waals surface area contributed by atoms with E-state index in [1.165, 1.54) is 0 Å². The van der Waals surface area contributed by atoms with Crippen molar-refractivity contribution in [2.45, 2.75) is 38.3 Å². The molecule has 6 rings (SSSR count). The summed E-state index contributed by atoms with van der Waals surface area (Å²) >= 11 is 0. The monoisotopic (exact) mass is 433 g/mol. The maximum absolute atomic E-state index is 11.7. The first-order valence-corrected chi connectivity index (χ1v) is 10.9. The number of nitrogens with zero attached hydrogens (tertiary/aromatic N) is 3. The molecule has 0 spiro atoms. The van der Waals surface area contributed by atoms with Crippen molar-refractivity contribution in [3.8, 4) is 22.9 Å². The Bertz CT molecular complexity index is 1250. The van der Waals surface area contributed by atoms with Gasteiger partial charge in [0, 0.05) is 30.5 Å². The molecule has 9 nitrogen and oxygen atoms in total. The number of hydrogen-bond donors (Lipinski definition) is 2. The van der Waals surface area contributed by atoms with Gasteiger partial charge in [0.05, 0.1) is 23.2 Å². The van der Waals surface area contributed by atoms with Crippen molar-refractivity contribution >= 4 is 28.5 Å². The van der Waals surface area contributed by atoms with E-state index in [0.717, 1.165) is 29.4 Å². The lowest BCUT2D eigenvalue weighted by molar-refractivity contribution is -0.120. The third-order valence-electron chi connectivity index (χ3n) is 6.34. The second-order valence-electron chi connectivity index (χ2n) is 8.70. The molecule has 1 aromatic carbocycles. The molecule has 2 fully saturated rings. The Balaban J connectivity index is 1.41. The molecular formula is C23H23N5O4. The molecule has 164 valence electrons. The molecule has 2 unspecified atom stereocenters. The van der Waals surface area contributed by atoms with E-state index in [1.54, 1.807) is 0 Å². The van der Waals surface area contributed by atoms with Crippen molar-refractivity contribution in [3.63, 3.8) is 0 Å². The Kier molecular flexibility index (Phi) is 4.31. The van der Waals surface area contributed by atoms with Crippen LogP contribution in [0.15, 0.2) is 30.6 Å². The molecule has 4 heterocycles. The summed E-state index contributed by atoms with van der Waals surface area (Å²) in [6.45, 7) is 2.60. The van der Waals surface area contributed by atoms with Crippen LogP contribution in [0, 0.1) is 5.92 Å². The fourth-order valence-electron chi connectivity index (χ4n) is 4.36. The lowest BCUT2D eigenvalue weighted by atomic mass is 10.0. The van der Waals surface area contributed by atoms with E-state index in [4.69, 9.17) is 14.5 Å². The standard InChI is InChI=1S/C23H23N5O4/c1-12(14-7-20(29)24-9-14)32-23-22-18(25-11-28(22)15-3-4-15)8-16(27-23)13-2-5-19-17(6-13)26-21(30)10-31-19/h2,5-6,8,11-12,14-15H,3-4,7,9-10H2,1H3,(H,24,29)(H,26,30). The third-order valence-corrected chi connectivity index (χ3v) is 6.34. The van der Waals surface area contributed by atoms with E-state index < -0.39 is 0 Å². The molecule has 2 N–H and O–H groups in total. The molecule has 2 amide bonds. The van der Waals surface area contributed by atoms with Gasteiger partial charge in [0.1, 0.15) is 17.4 Å². The highest BCUT2D eigenvalue weighted by atomic mass is 16.5. The number of ether oxygens (including phenoxy) is 2. The summed E-state index contributed by atoms with van der Waals surface area (Å²) in [6.07, 6.45) is 4.36. The van der Waals surface area contributed by atoms with Crippen LogP contribution in [0.2, 0.25) is 0 Å². The molecular weight excluding hydrogens is 410 g/mol. The topological polar surface area (TPSA) is 107 Å². The number of carbonyl (C=O) groups excluding carboxylic acids is 2. The van der Waals surface area contributed by atoms with Crippen molar-refractivity contribution in [1.82, 2.24) is 19.9 Å². The number of nitrogens with one attached hydrogen (secondary N) is 2. The average Bonchev–Trinajstić information content (AvgIpc) is 3.38. The van der Waals surface area contributed by atoms with E-state index in [0.29, 0.717) is 42.0 Å². The number of fused-ring (bicyclic) bond motifs is 2. The van der Waals surface area contributed by atoms with Gasteiger partial charge >= 0.3 is 0 Å². The predicted molar refractivity (Wildman–Crippen MR) is 117 cm³/mol. The van der Waals surface area contributed by atoms with Gasteiger partial charge in [0.2, 0.25) is 11.8 Å². The SMILES string of the molecule is CC(Oc1nc(-c2ccc3c(c2)NC(=O)CO3)cc2ncn(C3CC3)c12)C1CNC(=O)C1. The van der Waals surface area contributed by atoms with Gasteiger partial charge in [-0.3, -0.25) is 9.59 Å². The van der Waals surface area contributed by atoms with Crippen LogP contribution in [0.5, 0.6) is 11.6 Å². The molecule has 2 atom stereocenters. The lowest BCUT2D eigenvalue weighted by Crippen LogP contribution is -2.26. The fourth-order valence-corrected chi connectivity index (χ4v) is 4.36. The molecule has 32 heavy (non-hydrogen) atoms. The number of pyridine rings is 1. The van der Waals surface area contributed by atoms with Crippen LogP contribution in [0.4, 0.5) is 5.69 Å². The quantitative estimate of drug-likeness (QED) is 0.641. The van der Waals surface area contributed by atoms with Crippen molar-refractivity contribution in [2.24, 2.45) is 5.92 Å². The summed E-state index contributed by atoms with van der Waals surface area (Å²) in [5.74, 6) is 1.12. The Morgan fingerprint density at radius 2 is 2.09 bits per heavy atom. The molecule has 0 radical (unpaired) electrons. The highest BCUT2D eigenvalue weighted by molar-refractivity contribution is 5.96. The minimum atomic E-state index is -0.182. The van der Waals surface area contributed by atoms with Crippen molar-refractivity contribution in [1.29, 1.82) is 0 Å². The first kappa shape index (κ1) is 19.1. The van der Waals surface area contributed by atoms with Crippen LogP contribution < -0.4 is 20.1 Å². The number of rotatable bonds is 5. The number of amides is 2. The minimum Gasteiger partial charge on any atom is -0.482 e. The number of benzene rings is 1. The van der Waals surface area contributed by atoms with E-state index in [1.807, 2.05) is 37.5 Å². The van der Waals surface area contributed by atoms with Gasteiger partial charge in [-0.05, 0) is 44.0 Å². The summed E-state index contributed by atoms with van der Waals surface area (Å²) in [5.41, 5.74) is 3.84. The minimum absolute atomic E-state index is 0.0174. The summed E-state index contributed by atoms with van der Waals surface area (Å²) in [6, 6.07) is 7.97. The van der Waals surface area contributed by atoms with E-state index >= 15 is 0 Å². The molecule has 3 aliphatic rings. The smallest absolute Gasteiger partial charge is 0.262 e. The number of anilines is 1. The van der Waals surface area contributed by atoms with Crippen LogP contribution >= 0.6 is 0 Å². The molecule has 1 saturated heterocycles. The Labute approximate surface area is 184 Å². The molecule has 1 aliphatic carbocycles. The van der Waals surface area contributed by atoms with Crippen LogP contribution in [0.1, 0.15) is 32.2 Å². The zero-order chi connectivity index (χ0) is 21.8. The molecule has 0 bridgehead atoms. The molecule has 9 heteroatoms. The van der Waals surface area contributed by atoms with Gasteiger partial charge < -0.3 is 24.7 Å². The molecule has 1 saturated carbocycles. The lowest BCUT2D eigenvalue weighted by Gasteiger charge is -2.21. The van der Waals surface area contributed by atoms with Crippen LogP contribution in [0.3, 0.4) is 0 Å². The van der Waals surface area contributed by atoms with Crippen LogP contribution in [-0.2, 0) is 9.59 Å². The van der Waals surface area contributed by atoms with Crippen molar-refractivity contribution < 1.29 is 19.1 Å². The first-order valence-electron chi connectivity index (χ1n) is 10.9. The van der Waals surface area contributed by atoms with Crippen molar-refractivity contribution in [2.75, 3.05) is 18.5 Å². The normalized spacial score (nSPS) is 21.0. The fraction of sp³-hybridized carbons (Fsp3) is 0.391. The van der Waals surface area contributed by atoms with E-state index in [2.05, 4.69) is 20.2 Å². The molecule has 2 aliphatic heterocycles. The first-order chi connectivity index (χ1) is 15.5. The Morgan fingerprint density at radius 3 is 2.88 bits per heavy atom. The van der Waals surface area contributed by atoms with Gasteiger partial charge in [-0.15, -0.1) is 0 Å². The third kappa shape index (κ3) is 3.34.